The van der Waals surface area contributed by atoms with E-state index in [-0.39, 0.29) is 24.0 Å². The van der Waals surface area contributed by atoms with Gasteiger partial charge in [-0.05, 0) is 24.1 Å². The molecular formula is C14H24IN3O2. The summed E-state index contributed by atoms with van der Waals surface area (Å²) in [5.41, 5.74) is 1.15. The zero-order valence-corrected chi connectivity index (χ0v) is 14.6. The van der Waals surface area contributed by atoms with Gasteiger partial charge in [-0.15, -0.1) is 24.0 Å². The minimum absolute atomic E-state index is 0. The van der Waals surface area contributed by atoms with E-state index in [1.54, 1.807) is 21.3 Å². The molecule has 1 rings (SSSR count). The highest BCUT2D eigenvalue weighted by Gasteiger charge is 1.99. The molecule has 20 heavy (non-hydrogen) atoms. The summed E-state index contributed by atoms with van der Waals surface area (Å²) in [6.45, 7) is 2.30. The Labute approximate surface area is 138 Å². The Bertz CT molecular complexity index is 400. The van der Waals surface area contributed by atoms with Gasteiger partial charge in [-0.25, -0.2) is 0 Å². The van der Waals surface area contributed by atoms with Crippen molar-refractivity contribution in [1.29, 1.82) is 0 Å². The number of nitrogens with one attached hydrogen (secondary N) is 2. The molecular weight excluding hydrogens is 369 g/mol. The van der Waals surface area contributed by atoms with E-state index in [9.17, 15) is 0 Å². The average Bonchev–Trinajstić information content (AvgIpc) is 2.47. The normalized spacial score (nSPS) is 10.7. The van der Waals surface area contributed by atoms with Crippen molar-refractivity contribution in [2.75, 3.05) is 34.4 Å². The van der Waals surface area contributed by atoms with Crippen LogP contribution in [0.15, 0.2) is 29.3 Å². The number of rotatable bonds is 7. The molecule has 0 unspecified atom stereocenters. The van der Waals surface area contributed by atoms with Gasteiger partial charge in [0.15, 0.2) is 5.96 Å². The van der Waals surface area contributed by atoms with Crippen molar-refractivity contribution in [3.8, 4) is 5.75 Å². The molecule has 5 nitrogen and oxygen atoms in total. The van der Waals surface area contributed by atoms with E-state index in [0.717, 1.165) is 36.8 Å². The molecule has 0 spiro atoms. The minimum atomic E-state index is 0. The smallest absolute Gasteiger partial charge is 0.191 e. The van der Waals surface area contributed by atoms with Crippen molar-refractivity contribution in [3.05, 3.63) is 29.8 Å². The Morgan fingerprint density at radius 1 is 1.25 bits per heavy atom. The number of nitrogens with zero attached hydrogens (tertiary/aromatic N) is 1. The summed E-state index contributed by atoms with van der Waals surface area (Å²) in [6, 6.07) is 7.96. The molecule has 0 aromatic heterocycles. The van der Waals surface area contributed by atoms with Gasteiger partial charge in [0.25, 0.3) is 0 Å². The fourth-order valence-electron chi connectivity index (χ4n) is 1.61. The maximum atomic E-state index is 5.19. The van der Waals surface area contributed by atoms with E-state index in [0.29, 0.717) is 6.54 Å². The molecule has 0 atom stereocenters. The highest BCUT2D eigenvalue weighted by molar-refractivity contribution is 14.0. The quantitative estimate of drug-likeness (QED) is 0.322. The number of benzene rings is 1. The van der Waals surface area contributed by atoms with Crippen LogP contribution in [0.4, 0.5) is 0 Å². The van der Waals surface area contributed by atoms with Gasteiger partial charge in [0, 0.05) is 33.9 Å². The van der Waals surface area contributed by atoms with Gasteiger partial charge in [-0.3, -0.25) is 4.99 Å². The zero-order chi connectivity index (χ0) is 13.9. The number of halogens is 1. The summed E-state index contributed by atoms with van der Waals surface area (Å²) in [4.78, 5) is 4.17. The molecule has 114 valence electrons. The summed E-state index contributed by atoms with van der Waals surface area (Å²) >= 11 is 0. The minimum Gasteiger partial charge on any atom is -0.497 e. The molecule has 0 aliphatic rings. The fourth-order valence-corrected chi connectivity index (χ4v) is 1.61. The highest BCUT2D eigenvalue weighted by atomic mass is 127. The maximum absolute atomic E-state index is 5.19. The predicted molar refractivity (Wildman–Crippen MR) is 93.1 cm³/mol. The largest absolute Gasteiger partial charge is 0.497 e. The maximum Gasteiger partial charge on any atom is 0.191 e. The van der Waals surface area contributed by atoms with E-state index < -0.39 is 0 Å². The van der Waals surface area contributed by atoms with Crippen LogP contribution in [0, 0.1) is 0 Å². The first kappa shape index (κ1) is 19.0. The Morgan fingerprint density at radius 2 is 2.05 bits per heavy atom. The first-order valence-corrected chi connectivity index (χ1v) is 6.36. The number of hydrogen-bond donors (Lipinski definition) is 2. The molecule has 0 bridgehead atoms. The Morgan fingerprint density at radius 3 is 2.70 bits per heavy atom. The number of methoxy groups -OCH3 is 2. The molecule has 0 saturated heterocycles. The van der Waals surface area contributed by atoms with Crippen molar-refractivity contribution in [1.82, 2.24) is 10.6 Å². The third kappa shape index (κ3) is 7.54. The lowest BCUT2D eigenvalue weighted by Gasteiger charge is -2.12. The summed E-state index contributed by atoms with van der Waals surface area (Å²) in [5, 5.41) is 6.49. The molecule has 6 heteroatoms. The van der Waals surface area contributed by atoms with Crippen LogP contribution >= 0.6 is 24.0 Å². The molecule has 1 aromatic rings. The van der Waals surface area contributed by atoms with E-state index in [4.69, 9.17) is 9.47 Å². The van der Waals surface area contributed by atoms with E-state index in [2.05, 4.69) is 15.6 Å². The van der Waals surface area contributed by atoms with Crippen LogP contribution in [0.3, 0.4) is 0 Å². The molecule has 0 aliphatic heterocycles. The summed E-state index contributed by atoms with van der Waals surface area (Å²) < 4.78 is 10.2. The number of aliphatic imine (C=N–C) groups is 1. The van der Waals surface area contributed by atoms with Crippen LogP contribution in [0.2, 0.25) is 0 Å². The Balaban J connectivity index is 0.00000361. The van der Waals surface area contributed by atoms with E-state index >= 15 is 0 Å². The first-order chi connectivity index (χ1) is 9.30. The molecule has 0 aliphatic carbocycles. The molecule has 1 aromatic carbocycles. The molecule has 0 heterocycles. The van der Waals surface area contributed by atoms with Crippen molar-refractivity contribution in [3.63, 3.8) is 0 Å². The van der Waals surface area contributed by atoms with E-state index in [1.807, 2.05) is 24.3 Å². The second-order valence-electron chi connectivity index (χ2n) is 4.05. The van der Waals surface area contributed by atoms with Crippen LogP contribution in [0.5, 0.6) is 5.75 Å². The second kappa shape index (κ2) is 11.8. The van der Waals surface area contributed by atoms with Crippen LogP contribution in [-0.2, 0) is 11.3 Å². The lowest BCUT2D eigenvalue weighted by Crippen LogP contribution is -2.37. The molecule has 0 radical (unpaired) electrons. The highest BCUT2D eigenvalue weighted by Crippen LogP contribution is 2.11. The van der Waals surface area contributed by atoms with Crippen LogP contribution in [0.25, 0.3) is 0 Å². The molecule has 0 fully saturated rings. The molecule has 0 saturated carbocycles. The lowest BCUT2D eigenvalue weighted by atomic mass is 10.2. The average molecular weight is 393 g/mol. The molecule has 2 N–H and O–H groups in total. The third-order valence-electron chi connectivity index (χ3n) is 2.64. The second-order valence-corrected chi connectivity index (χ2v) is 4.05. The van der Waals surface area contributed by atoms with E-state index in [1.165, 1.54) is 0 Å². The summed E-state index contributed by atoms with van der Waals surface area (Å²) in [6.07, 6.45) is 0.955. The molecule has 0 amide bonds. The fraction of sp³-hybridized carbons (Fsp3) is 0.500. The van der Waals surface area contributed by atoms with Gasteiger partial charge in [0.05, 0.1) is 7.11 Å². The SMILES string of the molecule is CN=C(NCCCOC)NCc1cccc(OC)c1.I. The topological polar surface area (TPSA) is 54.9 Å². The predicted octanol–water partition coefficient (Wildman–Crippen LogP) is 2.01. The van der Waals surface area contributed by atoms with Crippen molar-refractivity contribution >= 4 is 29.9 Å². The zero-order valence-electron chi connectivity index (χ0n) is 12.3. The van der Waals surface area contributed by atoms with Crippen LogP contribution < -0.4 is 15.4 Å². The Kier molecular flexibility index (Phi) is 11.2. The van der Waals surface area contributed by atoms with Gasteiger partial charge >= 0.3 is 0 Å². The number of ether oxygens (including phenoxy) is 2. The van der Waals surface area contributed by atoms with Gasteiger partial charge in [-0.1, -0.05) is 12.1 Å². The third-order valence-corrected chi connectivity index (χ3v) is 2.64. The number of guanidine groups is 1. The van der Waals surface area contributed by atoms with Gasteiger partial charge < -0.3 is 20.1 Å². The van der Waals surface area contributed by atoms with Crippen molar-refractivity contribution in [2.45, 2.75) is 13.0 Å². The van der Waals surface area contributed by atoms with Crippen LogP contribution in [-0.4, -0.2) is 40.4 Å². The van der Waals surface area contributed by atoms with Crippen molar-refractivity contribution < 1.29 is 9.47 Å². The van der Waals surface area contributed by atoms with Gasteiger partial charge in [-0.2, -0.15) is 0 Å². The van der Waals surface area contributed by atoms with Gasteiger partial charge in [0.1, 0.15) is 5.75 Å². The number of hydrogen-bond acceptors (Lipinski definition) is 3. The van der Waals surface area contributed by atoms with Crippen molar-refractivity contribution in [2.24, 2.45) is 4.99 Å². The first-order valence-electron chi connectivity index (χ1n) is 6.36. The monoisotopic (exact) mass is 393 g/mol. The standard InChI is InChI=1S/C14H23N3O2.HI/c1-15-14(16-8-5-9-18-2)17-11-12-6-4-7-13(10-12)19-3;/h4,6-7,10H,5,8-9,11H2,1-3H3,(H2,15,16,17);1H. The summed E-state index contributed by atoms with van der Waals surface area (Å²) in [7, 11) is 5.13. The van der Waals surface area contributed by atoms with Gasteiger partial charge in [0.2, 0.25) is 0 Å². The summed E-state index contributed by atoms with van der Waals surface area (Å²) in [5.74, 6) is 1.65. The van der Waals surface area contributed by atoms with Crippen LogP contribution in [0.1, 0.15) is 12.0 Å². The Hall–Kier alpha value is -1.02. The lowest BCUT2D eigenvalue weighted by molar-refractivity contribution is 0.195.